The predicted octanol–water partition coefficient (Wildman–Crippen LogP) is 3.76. The second-order valence-electron chi connectivity index (χ2n) is 4.70. The van der Waals surface area contributed by atoms with Crippen molar-refractivity contribution in [3.63, 3.8) is 0 Å². The lowest BCUT2D eigenvalue weighted by molar-refractivity contribution is -0.132. The normalized spacial score (nSPS) is 10.4. The Morgan fingerprint density at radius 2 is 1.95 bits per heavy atom. The van der Waals surface area contributed by atoms with Gasteiger partial charge in [0.1, 0.15) is 5.82 Å². The summed E-state index contributed by atoms with van der Waals surface area (Å²) in [6.07, 6.45) is 0. The Balaban J connectivity index is 1.93. The van der Waals surface area contributed by atoms with E-state index in [0.717, 1.165) is 22.2 Å². The standard InChI is InChI=1S/C16H14BrF2NO2/c1-20(9-11-4-2-3-5-13(11)17)16(21)10-22-15-7-6-12(18)8-14(15)19/h2-8H,9-10H2,1H3. The lowest BCUT2D eigenvalue weighted by atomic mass is 10.2. The Kier molecular flexibility index (Phi) is 5.49. The lowest BCUT2D eigenvalue weighted by Crippen LogP contribution is -2.31. The number of benzene rings is 2. The number of carbonyl (C=O) groups excluding carboxylic acids is 1. The van der Waals surface area contributed by atoms with Crippen LogP contribution in [0.1, 0.15) is 5.56 Å². The summed E-state index contributed by atoms with van der Waals surface area (Å²) in [7, 11) is 1.63. The topological polar surface area (TPSA) is 29.5 Å². The van der Waals surface area contributed by atoms with E-state index in [2.05, 4.69) is 15.9 Å². The van der Waals surface area contributed by atoms with Gasteiger partial charge in [-0.1, -0.05) is 34.1 Å². The Morgan fingerprint density at radius 3 is 2.64 bits per heavy atom. The first kappa shape index (κ1) is 16.4. The molecule has 0 radical (unpaired) electrons. The Hall–Kier alpha value is -1.95. The molecule has 0 N–H and O–H groups in total. The molecule has 0 spiro atoms. The fraction of sp³-hybridized carbons (Fsp3) is 0.188. The van der Waals surface area contributed by atoms with Gasteiger partial charge >= 0.3 is 0 Å². The molecule has 2 aromatic carbocycles. The van der Waals surface area contributed by atoms with Crippen molar-refractivity contribution >= 4 is 21.8 Å². The highest BCUT2D eigenvalue weighted by molar-refractivity contribution is 9.10. The van der Waals surface area contributed by atoms with Gasteiger partial charge in [0, 0.05) is 24.1 Å². The highest BCUT2D eigenvalue weighted by atomic mass is 79.9. The summed E-state index contributed by atoms with van der Waals surface area (Å²) >= 11 is 3.41. The highest BCUT2D eigenvalue weighted by Crippen LogP contribution is 2.19. The van der Waals surface area contributed by atoms with Gasteiger partial charge in [-0.3, -0.25) is 4.79 Å². The zero-order valence-electron chi connectivity index (χ0n) is 11.9. The molecule has 0 heterocycles. The van der Waals surface area contributed by atoms with E-state index in [4.69, 9.17) is 4.74 Å². The molecule has 0 aliphatic carbocycles. The van der Waals surface area contributed by atoms with Crippen LogP contribution in [0.5, 0.6) is 5.75 Å². The van der Waals surface area contributed by atoms with Gasteiger partial charge in [-0.2, -0.15) is 0 Å². The van der Waals surface area contributed by atoms with Crippen molar-refractivity contribution in [2.75, 3.05) is 13.7 Å². The van der Waals surface area contributed by atoms with Crippen molar-refractivity contribution in [3.8, 4) is 5.75 Å². The van der Waals surface area contributed by atoms with Crippen LogP contribution in [0.3, 0.4) is 0 Å². The number of nitrogens with zero attached hydrogens (tertiary/aromatic N) is 1. The summed E-state index contributed by atoms with van der Waals surface area (Å²) in [5.41, 5.74) is 0.950. The van der Waals surface area contributed by atoms with Crippen molar-refractivity contribution in [3.05, 3.63) is 64.1 Å². The van der Waals surface area contributed by atoms with Crippen LogP contribution in [0.25, 0.3) is 0 Å². The molecular formula is C16H14BrF2NO2. The first-order valence-electron chi connectivity index (χ1n) is 6.52. The maximum atomic E-state index is 13.4. The highest BCUT2D eigenvalue weighted by Gasteiger charge is 2.13. The molecule has 0 saturated carbocycles. The largest absolute Gasteiger partial charge is 0.481 e. The number of hydrogen-bond acceptors (Lipinski definition) is 2. The molecule has 0 fully saturated rings. The summed E-state index contributed by atoms with van der Waals surface area (Å²) in [5.74, 6) is -1.98. The van der Waals surface area contributed by atoms with E-state index in [1.54, 1.807) is 7.05 Å². The number of rotatable bonds is 5. The number of halogens is 3. The maximum absolute atomic E-state index is 13.4. The number of likely N-dealkylation sites (N-methyl/N-ethyl adjacent to an activating group) is 1. The van der Waals surface area contributed by atoms with Crippen LogP contribution < -0.4 is 4.74 Å². The third kappa shape index (κ3) is 4.27. The van der Waals surface area contributed by atoms with E-state index in [1.165, 1.54) is 4.90 Å². The molecule has 22 heavy (non-hydrogen) atoms. The van der Waals surface area contributed by atoms with E-state index in [9.17, 15) is 13.6 Å². The molecule has 0 unspecified atom stereocenters. The van der Waals surface area contributed by atoms with E-state index >= 15 is 0 Å². The zero-order chi connectivity index (χ0) is 16.1. The Bertz CT molecular complexity index is 679. The summed E-state index contributed by atoms with van der Waals surface area (Å²) in [6, 6.07) is 10.5. The average Bonchev–Trinajstić information content (AvgIpc) is 2.48. The van der Waals surface area contributed by atoms with E-state index in [1.807, 2.05) is 24.3 Å². The Labute approximate surface area is 135 Å². The molecule has 0 aliphatic heterocycles. The molecule has 0 aromatic heterocycles. The van der Waals surface area contributed by atoms with Crippen LogP contribution in [0.15, 0.2) is 46.9 Å². The fourth-order valence-electron chi connectivity index (χ4n) is 1.81. The summed E-state index contributed by atoms with van der Waals surface area (Å²) in [5, 5.41) is 0. The second-order valence-corrected chi connectivity index (χ2v) is 5.56. The molecule has 116 valence electrons. The number of carbonyl (C=O) groups is 1. The van der Waals surface area contributed by atoms with Gasteiger partial charge in [-0.15, -0.1) is 0 Å². The summed E-state index contributed by atoms with van der Waals surface area (Å²) in [6.45, 7) is 0.0824. The molecule has 0 saturated heterocycles. The minimum absolute atomic E-state index is 0.149. The van der Waals surface area contributed by atoms with Gasteiger partial charge in [0.05, 0.1) is 0 Å². The van der Waals surface area contributed by atoms with E-state index in [0.29, 0.717) is 12.6 Å². The minimum Gasteiger partial charge on any atom is -0.481 e. The second kappa shape index (κ2) is 7.35. The van der Waals surface area contributed by atoms with Crippen LogP contribution in [0, 0.1) is 11.6 Å². The molecule has 3 nitrogen and oxygen atoms in total. The lowest BCUT2D eigenvalue weighted by Gasteiger charge is -2.18. The van der Waals surface area contributed by atoms with Gasteiger partial charge in [0.25, 0.3) is 5.91 Å². The van der Waals surface area contributed by atoms with Crippen molar-refractivity contribution in [2.45, 2.75) is 6.54 Å². The van der Waals surface area contributed by atoms with Crippen LogP contribution in [0.2, 0.25) is 0 Å². The van der Waals surface area contributed by atoms with Gasteiger partial charge in [0.2, 0.25) is 0 Å². The monoisotopic (exact) mass is 369 g/mol. The fourth-order valence-corrected chi connectivity index (χ4v) is 2.22. The molecular weight excluding hydrogens is 356 g/mol. The van der Waals surface area contributed by atoms with Crippen LogP contribution in [-0.2, 0) is 11.3 Å². The predicted molar refractivity (Wildman–Crippen MR) is 82.5 cm³/mol. The molecule has 1 amide bonds. The summed E-state index contributed by atoms with van der Waals surface area (Å²) < 4.78 is 32.2. The molecule has 0 aliphatic rings. The molecule has 2 aromatic rings. The van der Waals surface area contributed by atoms with Gasteiger partial charge in [-0.05, 0) is 23.8 Å². The van der Waals surface area contributed by atoms with Crippen molar-refractivity contribution in [1.29, 1.82) is 0 Å². The molecule has 0 atom stereocenters. The van der Waals surface area contributed by atoms with Gasteiger partial charge in [0.15, 0.2) is 18.2 Å². The zero-order valence-corrected chi connectivity index (χ0v) is 13.4. The first-order valence-corrected chi connectivity index (χ1v) is 7.32. The Morgan fingerprint density at radius 1 is 1.23 bits per heavy atom. The SMILES string of the molecule is CN(Cc1ccccc1Br)C(=O)COc1ccc(F)cc1F. The van der Waals surface area contributed by atoms with Gasteiger partial charge < -0.3 is 9.64 Å². The third-order valence-corrected chi connectivity index (χ3v) is 3.81. The van der Waals surface area contributed by atoms with Crippen molar-refractivity contribution < 1.29 is 18.3 Å². The summed E-state index contributed by atoms with van der Waals surface area (Å²) in [4.78, 5) is 13.5. The number of ether oxygens (including phenoxy) is 1. The van der Waals surface area contributed by atoms with Crippen molar-refractivity contribution in [1.82, 2.24) is 4.90 Å². The minimum atomic E-state index is -0.832. The first-order chi connectivity index (χ1) is 10.5. The van der Waals surface area contributed by atoms with E-state index < -0.39 is 11.6 Å². The molecule has 6 heteroatoms. The van der Waals surface area contributed by atoms with Crippen LogP contribution >= 0.6 is 15.9 Å². The van der Waals surface area contributed by atoms with Crippen LogP contribution in [0.4, 0.5) is 8.78 Å². The average molecular weight is 370 g/mol. The quantitative estimate of drug-likeness (QED) is 0.802. The molecule has 2 rings (SSSR count). The number of hydrogen-bond donors (Lipinski definition) is 0. The van der Waals surface area contributed by atoms with Crippen molar-refractivity contribution in [2.24, 2.45) is 0 Å². The smallest absolute Gasteiger partial charge is 0.260 e. The van der Waals surface area contributed by atoms with E-state index in [-0.39, 0.29) is 18.3 Å². The number of amides is 1. The third-order valence-electron chi connectivity index (χ3n) is 3.04. The van der Waals surface area contributed by atoms with Crippen LogP contribution in [-0.4, -0.2) is 24.5 Å². The molecule has 0 bridgehead atoms. The van der Waals surface area contributed by atoms with Gasteiger partial charge in [-0.25, -0.2) is 8.78 Å². The maximum Gasteiger partial charge on any atom is 0.260 e.